The Balaban J connectivity index is 1.66. The van der Waals surface area contributed by atoms with Crippen molar-refractivity contribution in [3.63, 3.8) is 0 Å². The highest BCUT2D eigenvalue weighted by Gasteiger charge is 2.25. The molecule has 2 aromatic rings. The van der Waals surface area contributed by atoms with E-state index in [1.165, 1.54) is 0 Å². The van der Waals surface area contributed by atoms with Crippen LogP contribution in [0, 0.1) is 0 Å². The standard InChI is InChI=1S/C21H27N3O/c1-16(2)24-14-11-19(12-15-24)23(3)20(25)10-9-18-7-4-6-17-8-5-13-22-21(17)18/h4-10,13,16,19H,11-12,14-15H2,1-3H3/b10-9+. The lowest BCUT2D eigenvalue weighted by Gasteiger charge is -2.38. The molecule has 4 heteroatoms. The van der Waals surface area contributed by atoms with Crippen LogP contribution >= 0.6 is 0 Å². The summed E-state index contributed by atoms with van der Waals surface area (Å²) in [6.45, 7) is 6.60. The van der Waals surface area contributed by atoms with Gasteiger partial charge in [0.1, 0.15) is 0 Å². The summed E-state index contributed by atoms with van der Waals surface area (Å²) in [5.74, 6) is 0.0657. The first-order chi connectivity index (χ1) is 12.1. The third kappa shape index (κ3) is 4.07. The number of para-hydroxylation sites is 1. The number of hydrogen-bond donors (Lipinski definition) is 0. The van der Waals surface area contributed by atoms with Gasteiger partial charge in [-0.3, -0.25) is 9.78 Å². The largest absolute Gasteiger partial charge is 0.339 e. The van der Waals surface area contributed by atoms with Crippen molar-refractivity contribution in [2.75, 3.05) is 20.1 Å². The quantitative estimate of drug-likeness (QED) is 0.800. The summed E-state index contributed by atoms with van der Waals surface area (Å²) in [6, 6.07) is 10.9. The first-order valence-electron chi connectivity index (χ1n) is 9.09. The van der Waals surface area contributed by atoms with E-state index in [1.54, 1.807) is 12.3 Å². The van der Waals surface area contributed by atoms with Crippen LogP contribution in [0.4, 0.5) is 0 Å². The monoisotopic (exact) mass is 337 g/mol. The van der Waals surface area contributed by atoms with Gasteiger partial charge in [0, 0.05) is 55.4 Å². The van der Waals surface area contributed by atoms with Gasteiger partial charge >= 0.3 is 0 Å². The summed E-state index contributed by atoms with van der Waals surface area (Å²) in [6.07, 6.45) is 7.44. The molecular formula is C21H27N3O. The molecule has 1 amide bonds. The van der Waals surface area contributed by atoms with Gasteiger partial charge in [0.2, 0.25) is 5.91 Å². The molecule has 1 aliphatic rings. The molecule has 2 heterocycles. The number of rotatable bonds is 4. The molecule has 4 nitrogen and oxygen atoms in total. The number of nitrogens with zero attached hydrogens (tertiary/aromatic N) is 3. The zero-order valence-corrected chi connectivity index (χ0v) is 15.4. The van der Waals surface area contributed by atoms with Crippen LogP contribution in [0.2, 0.25) is 0 Å². The molecule has 0 aliphatic carbocycles. The van der Waals surface area contributed by atoms with Crippen molar-refractivity contribution in [2.45, 2.75) is 38.8 Å². The molecule has 0 N–H and O–H groups in total. The van der Waals surface area contributed by atoms with Crippen molar-refractivity contribution in [2.24, 2.45) is 0 Å². The van der Waals surface area contributed by atoms with Gasteiger partial charge in [-0.25, -0.2) is 0 Å². The maximum atomic E-state index is 12.6. The highest BCUT2D eigenvalue weighted by molar-refractivity contribution is 5.95. The maximum Gasteiger partial charge on any atom is 0.246 e. The summed E-state index contributed by atoms with van der Waals surface area (Å²) in [4.78, 5) is 21.4. The topological polar surface area (TPSA) is 36.4 Å². The molecule has 0 saturated carbocycles. The number of piperidine rings is 1. The van der Waals surface area contributed by atoms with Gasteiger partial charge in [-0.2, -0.15) is 0 Å². The van der Waals surface area contributed by atoms with E-state index in [1.807, 2.05) is 48.4 Å². The van der Waals surface area contributed by atoms with E-state index in [4.69, 9.17) is 0 Å². The molecule has 0 spiro atoms. The molecular weight excluding hydrogens is 310 g/mol. The van der Waals surface area contributed by atoms with Crippen LogP contribution in [0.1, 0.15) is 32.3 Å². The van der Waals surface area contributed by atoms with Crippen molar-refractivity contribution in [1.29, 1.82) is 0 Å². The Morgan fingerprint density at radius 3 is 2.68 bits per heavy atom. The summed E-state index contributed by atoms with van der Waals surface area (Å²) in [7, 11) is 1.92. The SMILES string of the molecule is CC(C)N1CCC(N(C)C(=O)/C=C/c2cccc3cccnc23)CC1. The van der Waals surface area contributed by atoms with E-state index in [9.17, 15) is 4.79 Å². The minimum Gasteiger partial charge on any atom is -0.339 e. The first kappa shape index (κ1) is 17.6. The molecule has 3 rings (SSSR count). The lowest BCUT2D eigenvalue weighted by atomic mass is 10.0. The zero-order valence-electron chi connectivity index (χ0n) is 15.4. The van der Waals surface area contributed by atoms with E-state index >= 15 is 0 Å². The maximum absolute atomic E-state index is 12.6. The second-order valence-corrected chi connectivity index (χ2v) is 7.07. The number of amides is 1. The predicted octanol–water partition coefficient (Wildman–Crippen LogP) is 3.58. The average Bonchev–Trinajstić information content (AvgIpc) is 2.65. The number of carbonyl (C=O) groups is 1. The minimum atomic E-state index is 0.0657. The second-order valence-electron chi connectivity index (χ2n) is 7.07. The third-order valence-electron chi connectivity index (χ3n) is 5.19. The Labute approximate surface area is 150 Å². The van der Waals surface area contributed by atoms with Crippen molar-refractivity contribution in [3.8, 4) is 0 Å². The number of pyridine rings is 1. The Bertz CT molecular complexity index is 755. The van der Waals surface area contributed by atoms with Gasteiger partial charge in [0.15, 0.2) is 0 Å². The smallest absolute Gasteiger partial charge is 0.246 e. The molecule has 0 radical (unpaired) electrons. The summed E-state index contributed by atoms with van der Waals surface area (Å²) < 4.78 is 0. The summed E-state index contributed by atoms with van der Waals surface area (Å²) >= 11 is 0. The molecule has 25 heavy (non-hydrogen) atoms. The van der Waals surface area contributed by atoms with Crippen molar-refractivity contribution >= 4 is 22.9 Å². The molecule has 1 aromatic heterocycles. The molecule has 1 aliphatic heterocycles. The fourth-order valence-corrected chi connectivity index (χ4v) is 3.51. The Hall–Kier alpha value is -2.20. The molecule has 1 saturated heterocycles. The van der Waals surface area contributed by atoms with E-state index in [-0.39, 0.29) is 5.91 Å². The van der Waals surface area contributed by atoms with E-state index in [2.05, 4.69) is 23.7 Å². The van der Waals surface area contributed by atoms with Crippen LogP contribution < -0.4 is 0 Å². The summed E-state index contributed by atoms with van der Waals surface area (Å²) in [5.41, 5.74) is 1.91. The molecule has 132 valence electrons. The predicted molar refractivity (Wildman–Crippen MR) is 103 cm³/mol. The van der Waals surface area contributed by atoms with E-state index in [0.29, 0.717) is 12.1 Å². The Morgan fingerprint density at radius 2 is 1.96 bits per heavy atom. The van der Waals surface area contributed by atoms with Crippen LogP contribution in [-0.2, 0) is 4.79 Å². The molecule has 1 fully saturated rings. The highest BCUT2D eigenvalue weighted by Crippen LogP contribution is 2.19. The average molecular weight is 337 g/mol. The van der Waals surface area contributed by atoms with Crippen LogP contribution in [0.3, 0.4) is 0 Å². The third-order valence-corrected chi connectivity index (χ3v) is 5.19. The Morgan fingerprint density at radius 1 is 1.24 bits per heavy atom. The van der Waals surface area contributed by atoms with Gasteiger partial charge in [-0.05, 0) is 38.8 Å². The summed E-state index contributed by atoms with van der Waals surface area (Å²) in [5, 5.41) is 1.09. The van der Waals surface area contributed by atoms with Gasteiger partial charge in [-0.15, -0.1) is 0 Å². The van der Waals surface area contributed by atoms with Gasteiger partial charge in [0.25, 0.3) is 0 Å². The van der Waals surface area contributed by atoms with Crippen LogP contribution in [0.25, 0.3) is 17.0 Å². The fourth-order valence-electron chi connectivity index (χ4n) is 3.51. The van der Waals surface area contributed by atoms with E-state index in [0.717, 1.165) is 42.4 Å². The number of benzene rings is 1. The number of likely N-dealkylation sites (N-methyl/N-ethyl adjacent to an activating group) is 1. The van der Waals surface area contributed by atoms with Gasteiger partial charge < -0.3 is 9.80 Å². The van der Waals surface area contributed by atoms with Gasteiger partial charge in [0.05, 0.1) is 5.52 Å². The van der Waals surface area contributed by atoms with Crippen molar-refractivity contribution in [3.05, 3.63) is 48.2 Å². The molecule has 0 unspecified atom stereocenters. The zero-order chi connectivity index (χ0) is 17.8. The number of carbonyl (C=O) groups excluding carboxylic acids is 1. The fraction of sp³-hybridized carbons (Fsp3) is 0.429. The number of likely N-dealkylation sites (tertiary alicyclic amines) is 1. The van der Waals surface area contributed by atoms with E-state index < -0.39 is 0 Å². The number of fused-ring (bicyclic) bond motifs is 1. The Kier molecular flexibility index (Phi) is 5.49. The first-order valence-corrected chi connectivity index (χ1v) is 9.09. The second kappa shape index (κ2) is 7.79. The minimum absolute atomic E-state index is 0.0657. The number of aromatic nitrogens is 1. The lowest BCUT2D eigenvalue weighted by molar-refractivity contribution is -0.127. The van der Waals surface area contributed by atoms with Crippen molar-refractivity contribution < 1.29 is 4.79 Å². The molecule has 0 bridgehead atoms. The van der Waals surface area contributed by atoms with Crippen LogP contribution in [0.15, 0.2) is 42.6 Å². The highest BCUT2D eigenvalue weighted by atomic mass is 16.2. The van der Waals surface area contributed by atoms with Crippen LogP contribution in [-0.4, -0.2) is 52.9 Å². The number of hydrogen-bond acceptors (Lipinski definition) is 3. The molecule has 1 aromatic carbocycles. The van der Waals surface area contributed by atoms with Gasteiger partial charge in [-0.1, -0.05) is 24.3 Å². The normalized spacial score (nSPS) is 16.8. The molecule has 0 atom stereocenters. The lowest BCUT2D eigenvalue weighted by Crippen LogP contribution is -2.47. The van der Waals surface area contributed by atoms with Crippen molar-refractivity contribution in [1.82, 2.24) is 14.8 Å². The van der Waals surface area contributed by atoms with Crippen LogP contribution in [0.5, 0.6) is 0 Å².